The van der Waals surface area contributed by atoms with Gasteiger partial charge in [0.15, 0.2) is 10.8 Å². The lowest BCUT2D eigenvalue weighted by Crippen LogP contribution is -2.39. The van der Waals surface area contributed by atoms with Crippen LogP contribution in [0, 0.1) is 13.8 Å². The Morgan fingerprint density at radius 3 is 2.77 bits per heavy atom. The molecule has 0 aromatic carbocycles. The van der Waals surface area contributed by atoms with Gasteiger partial charge in [-0.25, -0.2) is 15.0 Å². The van der Waals surface area contributed by atoms with Crippen molar-refractivity contribution < 1.29 is 4.79 Å². The van der Waals surface area contributed by atoms with Gasteiger partial charge in [0, 0.05) is 35.8 Å². The first-order valence-corrected chi connectivity index (χ1v) is 9.38. The molecular formula is C19H19N5OS. The van der Waals surface area contributed by atoms with Crippen LogP contribution in [-0.2, 0) is 6.42 Å². The molecule has 3 aromatic rings. The summed E-state index contributed by atoms with van der Waals surface area (Å²) in [6.45, 7) is 6.58. The summed E-state index contributed by atoms with van der Waals surface area (Å²) in [4.78, 5) is 33.7. The van der Waals surface area contributed by atoms with Gasteiger partial charge in [-0.1, -0.05) is 6.07 Å². The molecule has 0 saturated heterocycles. The molecule has 0 aliphatic carbocycles. The molecule has 26 heavy (non-hydrogen) atoms. The monoisotopic (exact) mass is 365 g/mol. The Morgan fingerprint density at radius 1 is 1.23 bits per heavy atom. The van der Waals surface area contributed by atoms with Crippen molar-refractivity contribution in [1.82, 2.24) is 24.8 Å². The number of nitrogens with zero attached hydrogens (tertiary/aromatic N) is 5. The van der Waals surface area contributed by atoms with Crippen molar-refractivity contribution >= 4 is 17.2 Å². The van der Waals surface area contributed by atoms with Gasteiger partial charge in [-0.2, -0.15) is 0 Å². The molecule has 1 atom stereocenters. The summed E-state index contributed by atoms with van der Waals surface area (Å²) >= 11 is 1.46. The average Bonchev–Trinajstić information content (AvgIpc) is 3.01. The number of fused-ring (bicyclic) bond motifs is 1. The van der Waals surface area contributed by atoms with E-state index in [-0.39, 0.29) is 11.9 Å². The van der Waals surface area contributed by atoms with Crippen LogP contribution in [-0.4, -0.2) is 37.3 Å². The third-order valence-electron chi connectivity index (χ3n) is 4.77. The topological polar surface area (TPSA) is 71.9 Å². The Hall–Kier alpha value is -2.67. The van der Waals surface area contributed by atoms with Crippen molar-refractivity contribution in [2.45, 2.75) is 33.2 Å². The molecule has 3 aromatic heterocycles. The van der Waals surface area contributed by atoms with Gasteiger partial charge >= 0.3 is 0 Å². The van der Waals surface area contributed by atoms with Gasteiger partial charge in [0.25, 0.3) is 5.91 Å². The zero-order chi connectivity index (χ0) is 18.3. The van der Waals surface area contributed by atoms with Crippen LogP contribution in [0.2, 0.25) is 0 Å². The van der Waals surface area contributed by atoms with Crippen LogP contribution in [0.4, 0.5) is 0 Å². The maximum absolute atomic E-state index is 12.9. The third kappa shape index (κ3) is 2.88. The molecule has 0 bridgehead atoms. The SMILES string of the molecule is Cc1nc(C(=O)N2CCc3nc(-c4ccccn4)ncc3C2C)sc1C. The number of aryl methyl sites for hydroxylation is 2. The fourth-order valence-corrected chi connectivity index (χ4v) is 4.02. The van der Waals surface area contributed by atoms with Crippen LogP contribution in [0.3, 0.4) is 0 Å². The van der Waals surface area contributed by atoms with Gasteiger partial charge in [-0.15, -0.1) is 11.3 Å². The normalized spacial score (nSPS) is 16.4. The van der Waals surface area contributed by atoms with Gasteiger partial charge in [0.2, 0.25) is 0 Å². The highest BCUT2D eigenvalue weighted by Gasteiger charge is 2.31. The van der Waals surface area contributed by atoms with Gasteiger partial charge < -0.3 is 4.90 Å². The van der Waals surface area contributed by atoms with E-state index < -0.39 is 0 Å². The largest absolute Gasteiger partial charge is 0.329 e. The van der Waals surface area contributed by atoms with Crippen LogP contribution in [0.15, 0.2) is 30.6 Å². The standard InChI is InChI=1S/C19H19N5OS/c1-11-13(3)26-18(22-11)19(25)24-9-7-15-14(12(24)2)10-21-17(23-15)16-6-4-5-8-20-16/h4-6,8,10,12H,7,9H2,1-3H3. The Balaban J connectivity index is 1.62. The number of thiazole rings is 1. The second-order valence-electron chi connectivity index (χ2n) is 6.40. The number of pyridine rings is 1. The third-order valence-corrected chi connectivity index (χ3v) is 5.83. The van der Waals surface area contributed by atoms with E-state index in [1.165, 1.54) is 11.3 Å². The molecule has 0 fully saturated rings. The van der Waals surface area contributed by atoms with Crippen LogP contribution >= 0.6 is 11.3 Å². The minimum atomic E-state index is -0.0754. The molecule has 0 saturated carbocycles. The minimum Gasteiger partial charge on any atom is -0.329 e. The number of aromatic nitrogens is 4. The molecule has 1 aliphatic heterocycles. The fourth-order valence-electron chi connectivity index (χ4n) is 3.15. The Labute approximate surface area is 156 Å². The zero-order valence-corrected chi connectivity index (χ0v) is 15.7. The predicted octanol–water partition coefficient (Wildman–Crippen LogP) is 3.37. The Bertz CT molecular complexity index is 950. The molecular weight excluding hydrogens is 346 g/mol. The lowest BCUT2D eigenvalue weighted by molar-refractivity contribution is 0.0675. The van der Waals surface area contributed by atoms with E-state index >= 15 is 0 Å². The quantitative estimate of drug-likeness (QED) is 0.696. The number of hydrogen-bond acceptors (Lipinski definition) is 6. The van der Waals surface area contributed by atoms with Crippen molar-refractivity contribution in [1.29, 1.82) is 0 Å². The summed E-state index contributed by atoms with van der Waals surface area (Å²) < 4.78 is 0. The number of carbonyl (C=O) groups is 1. The number of amides is 1. The summed E-state index contributed by atoms with van der Waals surface area (Å²) in [6.07, 6.45) is 4.27. The molecule has 1 amide bonds. The molecule has 132 valence electrons. The smallest absolute Gasteiger partial charge is 0.283 e. The van der Waals surface area contributed by atoms with E-state index in [0.29, 0.717) is 23.8 Å². The zero-order valence-electron chi connectivity index (χ0n) is 14.9. The second-order valence-corrected chi connectivity index (χ2v) is 7.60. The molecule has 6 nitrogen and oxygen atoms in total. The number of hydrogen-bond donors (Lipinski definition) is 0. The maximum Gasteiger partial charge on any atom is 0.283 e. The van der Waals surface area contributed by atoms with Crippen molar-refractivity contribution in [3.05, 3.63) is 57.4 Å². The number of carbonyl (C=O) groups excluding carboxylic acids is 1. The van der Waals surface area contributed by atoms with E-state index in [4.69, 9.17) is 4.98 Å². The molecule has 1 unspecified atom stereocenters. The van der Waals surface area contributed by atoms with Crippen LogP contribution < -0.4 is 0 Å². The molecule has 1 aliphatic rings. The molecule has 4 rings (SSSR count). The molecule has 4 heterocycles. The molecule has 0 spiro atoms. The van der Waals surface area contributed by atoms with Crippen molar-refractivity contribution in [2.75, 3.05) is 6.54 Å². The molecule has 7 heteroatoms. The first-order chi connectivity index (χ1) is 12.5. The van der Waals surface area contributed by atoms with Gasteiger partial charge in [-0.05, 0) is 32.9 Å². The van der Waals surface area contributed by atoms with E-state index in [1.807, 2.05) is 50.1 Å². The van der Waals surface area contributed by atoms with Gasteiger partial charge in [-0.3, -0.25) is 9.78 Å². The van der Waals surface area contributed by atoms with Crippen molar-refractivity contribution in [3.63, 3.8) is 0 Å². The maximum atomic E-state index is 12.9. The van der Waals surface area contributed by atoms with Crippen LogP contribution in [0.25, 0.3) is 11.5 Å². The van der Waals surface area contributed by atoms with Gasteiger partial charge in [0.05, 0.1) is 17.4 Å². The highest BCUT2D eigenvalue weighted by molar-refractivity contribution is 7.13. The van der Waals surface area contributed by atoms with Crippen molar-refractivity contribution in [3.8, 4) is 11.5 Å². The Kier molecular flexibility index (Phi) is 4.24. The average molecular weight is 365 g/mol. The summed E-state index contributed by atoms with van der Waals surface area (Å²) in [6, 6.07) is 5.62. The first-order valence-electron chi connectivity index (χ1n) is 8.57. The number of rotatable bonds is 2. The highest BCUT2D eigenvalue weighted by atomic mass is 32.1. The summed E-state index contributed by atoms with van der Waals surface area (Å²) in [5.41, 5.74) is 3.67. The lowest BCUT2D eigenvalue weighted by Gasteiger charge is -2.34. The molecule has 0 N–H and O–H groups in total. The van der Waals surface area contributed by atoms with Gasteiger partial charge in [0.1, 0.15) is 5.69 Å². The second kappa shape index (κ2) is 6.57. The fraction of sp³-hybridized carbons (Fsp3) is 0.316. The lowest BCUT2D eigenvalue weighted by atomic mass is 9.99. The molecule has 0 radical (unpaired) electrons. The minimum absolute atomic E-state index is 0.0156. The van der Waals surface area contributed by atoms with E-state index in [2.05, 4.69) is 15.0 Å². The van der Waals surface area contributed by atoms with E-state index in [9.17, 15) is 4.79 Å². The predicted molar refractivity (Wildman–Crippen MR) is 100 cm³/mol. The highest BCUT2D eigenvalue weighted by Crippen LogP contribution is 2.31. The van der Waals surface area contributed by atoms with E-state index in [1.54, 1.807) is 6.20 Å². The summed E-state index contributed by atoms with van der Waals surface area (Å²) in [5, 5.41) is 0.557. The summed E-state index contributed by atoms with van der Waals surface area (Å²) in [7, 11) is 0. The van der Waals surface area contributed by atoms with Crippen LogP contribution in [0.5, 0.6) is 0 Å². The van der Waals surface area contributed by atoms with E-state index in [0.717, 1.165) is 27.5 Å². The first kappa shape index (κ1) is 16.8. The summed E-state index contributed by atoms with van der Waals surface area (Å²) in [5.74, 6) is 0.612. The Morgan fingerprint density at radius 2 is 2.08 bits per heavy atom. The van der Waals surface area contributed by atoms with Crippen LogP contribution in [0.1, 0.15) is 44.6 Å². The van der Waals surface area contributed by atoms with Crippen molar-refractivity contribution in [2.24, 2.45) is 0 Å².